The first-order chi connectivity index (χ1) is 8.30. The summed E-state index contributed by atoms with van der Waals surface area (Å²) in [7, 11) is 0. The Morgan fingerprint density at radius 2 is 1.82 bits per heavy atom. The summed E-state index contributed by atoms with van der Waals surface area (Å²) < 4.78 is 5.99. The molecule has 0 aliphatic carbocycles. The second-order valence-electron chi connectivity index (χ2n) is 4.33. The molecule has 0 saturated heterocycles. The fourth-order valence-corrected chi connectivity index (χ4v) is 1.83. The molecule has 0 heterocycles. The van der Waals surface area contributed by atoms with Gasteiger partial charge >= 0.3 is 0 Å². The van der Waals surface area contributed by atoms with Crippen LogP contribution in [0.1, 0.15) is 39.2 Å². The van der Waals surface area contributed by atoms with Crippen molar-refractivity contribution in [3.63, 3.8) is 0 Å². The number of rotatable bonds is 8. The lowest BCUT2D eigenvalue weighted by atomic mass is 10.1. The van der Waals surface area contributed by atoms with Crippen LogP contribution in [0.2, 0.25) is 0 Å². The fourth-order valence-electron chi connectivity index (χ4n) is 1.83. The molecule has 0 aliphatic rings. The van der Waals surface area contributed by atoms with Gasteiger partial charge in [0.25, 0.3) is 0 Å². The zero-order valence-corrected chi connectivity index (χ0v) is 11.3. The van der Waals surface area contributed by atoms with Crippen LogP contribution in [-0.4, -0.2) is 19.2 Å². The molecule has 0 saturated carbocycles. The first kappa shape index (κ1) is 14.0. The van der Waals surface area contributed by atoms with Gasteiger partial charge in [-0.3, -0.25) is 0 Å². The van der Waals surface area contributed by atoms with Crippen molar-refractivity contribution in [1.29, 1.82) is 0 Å². The van der Waals surface area contributed by atoms with Crippen LogP contribution >= 0.6 is 0 Å². The van der Waals surface area contributed by atoms with Crippen LogP contribution < -0.4 is 10.1 Å². The number of ether oxygens (including phenoxy) is 1. The molecule has 1 atom stereocenters. The third-order valence-corrected chi connectivity index (χ3v) is 2.87. The van der Waals surface area contributed by atoms with E-state index in [0.717, 1.165) is 38.1 Å². The Kier molecular flexibility index (Phi) is 6.71. The summed E-state index contributed by atoms with van der Waals surface area (Å²) in [5, 5.41) is 3.35. The van der Waals surface area contributed by atoms with E-state index in [9.17, 15) is 0 Å². The van der Waals surface area contributed by atoms with Crippen LogP contribution in [0.15, 0.2) is 24.3 Å². The van der Waals surface area contributed by atoms with Crippen LogP contribution in [0.4, 0.5) is 0 Å². The van der Waals surface area contributed by atoms with Gasteiger partial charge in [0.2, 0.25) is 0 Å². The summed E-state index contributed by atoms with van der Waals surface area (Å²) in [5.74, 6) is 0.985. The second-order valence-corrected chi connectivity index (χ2v) is 4.33. The lowest BCUT2D eigenvalue weighted by molar-refractivity contribution is 0.187. The van der Waals surface area contributed by atoms with E-state index in [1.54, 1.807) is 0 Å². The topological polar surface area (TPSA) is 21.3 Å². The molecule has 96 valence electrons. The molecule has 0 aliphatic heterocycles. The molecule has 1 aromatic rings. The number of hydrogen-bond donors (Lipinski definition) is 1. The molecule has 0 fully saturated rings. The number of aryl methyl sites for hydroxylation is 1. The Morgan fingerprint density at radius 1 is 1.12 bits per heavy atom. The minimum Gasteiger partial charge on any atom is -0.489 e. The van der Waals surface area contributed by atoms with Crippen molar-refractivity contribution in [1.82, 2.24) is 5.32 Å². The standard InChI is InChI=1S/C15H25NO/c1-4-7-15(12-16-6-3)17-14-10-8-13(5-2)9-11-14/h8-11,15-16H,4-7,12H2,1-3H3. The molecule has 0 bridgehead atoms. The van der Waals surface area contributed by atoms with Crippen molar-refractivity contribution in [3.05, 3.63) is 29.8 Å². The van der Waals surface area contributed by atoms with Crippen molar-refractivity contribution in [2.24, 2.45) is 0 Å². The van der Waals surface area contributed by atoms with Crippen LogP contribution in [0.3, 0.4) is 0 Å². The SMILES string of the molecule is CCCC(CNCC)Oc1ccc(CC)cc1. The first-order valence-corrected chi connectivity index (χ1v) is 6.76. The number of hydrogen-bond acceptors (Lipinski definition) is 2. The van der Waals surface area contributed by atoms with Gasteiger partial charge < -0.3 is 10.1 Å². The molecule has 2 nitrogen and oxygen atoms in total. The molecule has 17 heavy (non-hydrogen) atoms. The summed E-state index contributed by atoms with van der Waals surface area (Å²) in [6.45, 7) is 8.42. The molecular formula is C15H25NO. The highest BCUT2D eigenvalue weighted by Crippen LogP contribution is 2.15. The van der Waals surface area contributed by atoms with E-state index in [1.807, 2.05) is 0 Å². The predicted molar refractivity (Wildman–Crippen MR) is 73.7 cm³/mol. The Labute approximate surface area is 105 Å². The van der Waals surface area contributed by atoms with Gasteiger partial charge in [0, 0.05) is 6.54 Å². The van der Waals surface area contributed by atoms with Crippen molar-refractivity contribution >= 4 is 0 Å². The average molecular weight is 235 g/mol. The number of likely N-dealkylation sites (N-methyl/N-ethyl adjacent to an activating group) is 1. The number of nitrogens with one attached hydrogen (secondary N) is 1. The molecule has 0 radical (unpaired) electrons. The summed E-state index contributed by atoms with van der Waals surface area (Å²) in [6.07, 6.45) is 3.62. The molecular weight excluding hydrogens is 210 g/mol. The highest BCUT2D eigenvalue weighted by atomic mass is 16.5. The van der Waals surface area contributed by atoms with Gasteiger partial charge in [-0.2, -0.15) is 0 Å². The quantitative estimate of drug-likeness (QED) is 0.745. The van der Waals surface area contributed by atoms with E-state index >= 15 is 0 Å². The minimum atomic E-state index is 0.285. The lowest BCUT2D eigenvalue weighted by Crippen LogP contribution is -2.31. The van der Waals surface area contributed by atoms with E-state index in [-0.39, 0.29) is 6.10 Å². The number of benzene rings is 1. The Balaban J connectivity index is 2.51. The molecule has 0 amide bonds. The van der Waals surface area contributed by atoms with E-state index < -0.39 is 0 Å². The lowest BCUT2D eigenvalue weighted by Gasteiger charge is -2.19. The maximum Gasteiger partial charge on any atom is 0.119 e. The van der Waals surface area contributed by atoms with Gasteiger partial charge in [-0.1, -0.05) is 39.3 Å². The van der Waals surface area contributed by atoms with Crippen molar-refractivity contribution in [2.45, 2.75) is 46.1 Å². The molecule has 1 unspecified atom stereocenters. The second kappa shape index (κ2) is 8.13. The third kappa shape index (κ3) is 5.22. The van der Waals surface area contributed by atoms with Gasteiger partial charge in [-0.25, -0.2) is 0 Å². The van der Waals surface area contributed by atoms with Gasteiger partial charge in [0.1, 0.15) is 11.9 Å². The normalized spacial score (nSPS) is 12.4. The van der Waals surface area contributed by atoms with Gasteiger partial charge in [0.05, 0.1) is 0 Å². The highest BCUT2D eigenvalue weighted by molar-refractivity contribution is 5.27. The monoisotopic (exact) mass is 235 g/mol. The minimum absolute atomic E-state index is 0.285. The largest absolute Gasteiger partial charge is 0.489 e. The average Bonchev–Trinajstić information content (AvgIpc) is 2.37. The van der Waals surface area contributed by atoms with Gasteiger partial charge in [0.15, 0.2) is 0 Å². The van der Waals surface area contributed by atoms with Crippen LogP contribution in [0.25, 0.3) is 0 Å². The van der Waals surface area contributed by atoms with Crippen LogP contribution in [-0.2, 0) is 6.42 Å². The third-order valence-electron chi connectivity index (χ3n) is 2.87. The highest BCUT2D eigenvalue weighted by Gasteiger charge is 2.08. The smallest absolute Gasteiger partial charge is 0.119 e. The van der Waals surface area contributed by atoms with E-state index in [2.05, 4.69) is 50.4 Å². The molecule has 2 heteroatoms. The van der Waals surface area contributed by atoms with Gasteiger partial charge in [-0.15, -0.1) is 0 Å². The van der Waals surface area contributed by atoms with E-state index in [0.29, 0.717) is 0 Å². The first-order valence-electron chi connectivity index (χ1n) is 6.76. The van der Waals surface area contributed by atoms with Crippen molar-refractivity contribution in [3.8, 4) is 5.75 Å². The van der Waals surface area contributed by atoms with Crippen LogP contribution in [0, 0.1) is 0 Å². The van der Waals surface area contributed by atoms with Gasteiger partial charge in [-0.05, 0) is 37.1 Å². The summed E-state index contributed by atoms with van der Waals surface area (Å²) >= 11 is 0. The maximum absolute atomic E-state index is 5.99. The zero-order valence-electron chi connectivity index (χ0n) is 11.3. The molecule has 0 spiro atoms. The molecule has 1 N–H and O–H groups in total. The Bertz CT molecular complexity index is 294. The van der Waals surface area contributed by atoms with Crippen molar-refractivity contribution < 1.29 is 4.74 Å². The molecule has 1 rings (SSSR count). The zero-order chi connectivity index (χ0) is 12.5. The summed E-state index contributed by atoms with van der Waals surface area (Å²) in [6, 6.07) is 8.44. The fraction of sp³-hybridized carbons (Fsp3) is 0.600. The van der Waals surface area contributed by atoms with Crippen LogP contribution in [0.5, 0.6) is 5.75 Å². The summed E-state index contributed by atoms with van der Waals surface area (Å²) in [5.41, 5.74) is 1.36. The molecule has 1 aromatic carbocycles. The summed E-state index contributed by atoms with van der Waals surface area (Å²) in [4.78, 5) is 0. The van der Waals surface area contributed by atoms with E-state index in [4.69, 9.17) is 4.74 Å². The van der Waals surface area contributed by atoms with E-state index in [1.165, 1.54) is 5.56 Å². The predicted octanol–water partition coefficient (Wildman–Crippen LogP) is 3.41. The molecule has 0 aromatic heterocycles. The Morgan fingerprint density at radius 3 is 2.35 bits per heavy atom. The van der Waals surface area contributed by atoms with Crippen molar-refractivity contribution in [2.75, 3.05) is 13.1 Å². The maximum atomic E-state index is 5.99. The Hall–Kier alpha value is -1.02.